The van der Waals surface area contributed by atoms with E-state index in [0.29, 0.717) is 17.4 Å². The van der Waals surface area contributed by atoms with Crippen LogP contribution in [0, 0.1) is 10.1 Å². The Kier molecular flexibility index (Phi) is 4.05. The standard InChI is InChI=1S/C17H15N3O3/c1-23-13-6-4-12(5-7-13)11-19-15-8-9-16(20(21)22)14-3-2-10-18-17(14)15/h2-10,19H,11H2,1H3. The Morgan fingerprint density at radius 3 is 2.65 bits per heavy atom. The first kappa shape index (κ1) is 14.8. The molecule has 1 heterocycles. The topological polar surface area (TPSA) is 77.3 Å². The number of nitrogens with zero attached hydrogens (tertiary/aromatic N) is 2. The smallest absolute Gasteiger partial charge is 0.278 e. The van der Waals surface area contributed by atoms with E-state index in [1.54, 1.807) is 31.5 Å². The molecule has 2 aromatic carbocycles. The lowest BCUT2D eigenvalue weighted by atomic mass is 10.1. The van der Waals surface area contributed by atoms with Crippen LogP contribution in [0.5, 0.6) is 5.75 Å². The normalized spacial score (nSPS) is 10.5. The van der Waals surface area contributed by atoms with Crippen LogP contribution in [-0.4, -0.2) is 17.0 Å². The summed E-state index contributed by atoms with van der Waals surface area (Å²) in [5.41, 5.74) is 2.49. The Bertz CT molecular complexity index is 847. The molecule has 6 heteroatoms. The Labute approximate surface area is 132 Å². The number of nitrogens with one attached hydrogen (secondary N) is 1. The highest BCUT2D eigenvalue weighted by molar-refractivity contribution is 5.96. The zero-order valence-corrected chi connectivity index (χ0v) is 12.5. The molecule has 0 atom stereocenters. The van der Waals surface area contributed by atoms with E-state index < -0.39 is 4.92 Å². The van der Waals surface area contributed by atoms with Crippen LogP contribution in [0.2, 0.25) is 0 Å². The molecule has 0 fully saturated rings. The molecule has 0 aliphatic rings. The van der Waals surface area contributed by atoms with Gasteiger partial charge in [-0.3, -0.25) is 15.1 Å². The molecule has 0 unspecified atom stereocenters. The van der Waals surface area contributed by atoms with Gasteiger partial charge in [-0.1, -0.05) is 12.1 Å². The predicted molar refractivity (Wildman–Crippen MR) is 88.7 cm³/mol. The van der Waals surface area contributed by atoms with Crippen molar-refractivity contribution in [3.05, 3.63) is 70.4 Å². The number of nitro benzene ring substituents is 1. The third-order valence-corrected chi connectivity index (χ3v) is 3.59. The molecule has 1 aromatic heterocycles. The van der Waals surface area contributed by atoms with Gasteiger partial charge in [-0.2, -0.15) is 0 Å². The minimum absolute atomic E-state index is 0.0584. The predicted octanol–water partition coefficient (Wildman–Crippen LogP) is 3.76. The SMILES string of the molecule is COc1ccc(CNc2ccc([N+](=O)[O-])c3cccnc23)cc1. The fourth-order valence-electron chi connectivity index (χ4n) is 2.40. The Morgan fingerprint density at radius 2 is 1.96 bits per heavy atom. The molecule has 0 saturated carbocycles. The Hall–Kier alpha value is -3.15. The van der Waals surface area contributed by atoms with E-state index in [4.69, 9.17) is 4.74 Å². The van der Waals surface area contributed by atoms with E-state index in [2.05, 4.69) is 10.3 Å². The lowest BCUT2D eigenvalue weighted by molar-refractivity contribution is -0.383. The van der Waals surface area contributed by atoms with Crippen LogP contribution in [0.15, 0.2) is 54.7 Å². The van der Waals surface area contributed by atoms with Crippen LogP contribution in [0.3, 0.4) is 0 Å². The number of hydrogen-bond donors (Lipinski definition) is 1. The summed E-state index contributed by atoms with van der Waals surface area (Å²) in [6.45, 7) is 0.591. The molecule has 0 radical (unpaired) electrons. The zero-order valence-electron chi connectivity index (χ0n) is 12.5. The molecule has 3 rings (SSSR count). The van der Waals surface area contributed by atoms with Gasteiger partial charge in [0.1, 0.15) is 11.3 Å². The molecule has 0 aliphatic carbocycles. The van der Waals surface area contributed by atoms with Crippen LogP contribution in [0.4, 0.5) is 11.4 Å². The van der Waals surface area contributed by atoms with Crippen LogP contribution in [-0.2, 0) is 6.54 Å². The number of anilines is 1. The van der Waals surface area contributed by atoms with Crippen LogP contribution >= 0.6 is 0 Å². The summed E-state index contributed by atoms with van der Waals surface area (Å²) in [6, 6.07) is 14.3. The van der Waals surface area contributed by atoms with Gasteiger partial charge in [0.25, 0.3) is 5.69 Å². The molecule has 0 amide bonds. The number of methoxy groups -OCH3 is 1. The number of rotatable bonds is 5. The number of ether oxygens (including phenoxy) is 1. The first-order valence-electron chi connectivity index (χ1n) is 7.08. The second-order valence-corrected chi connectivity index (χ2v) is 4.99. The zero-order chi connectivity index (χ0) is 16.2. The third kappa shape index (κ3) is 3.06. The highest BCUT2D eigenvalue weighted by Crippen LogP contribution is 2.30. The summed E-state index contributed by atoms with van der Waals surface area (Å²) in [4.78, 5) is 15.0. The number of aromatic nitrogens is 1. The lowest BCUT2D eigenvalue weighted by Gasteiger charge is -2.10. The maximum Gasteiger partial charge on any atom is 0.278 e. The summed E-state index contributed by atoms with van der Waals surface area (Å²) in [5, 5.41) is 14.9. The van der Waals surface area contributed by atoms with Gasteiger partial charge in [-0.25, -0.2) is 0 Å². The van der Waals surface area contributed by atoms with Gasteiger partial charge in [0.15, 0.2) is 0 Å². The third-order valence-electron chi connectivity index (χ3n) is 3.59. The fraction of sp³-hybridized carbons (Fsp3) is 0.118. The average Bonchev–Trinajstić information content (AvgIpc) is 2.59. The van der Waals surface area contributed by atoms with Crippen molar-refractivity contribution in [3.63, 3.8) is 0 Å². The van der Waals surface area contributed by atoms with Gasteiger partial charge in [0.05, 0.1) is 23.1 Å². The molecule has 23 heavy (non-hydrogen) atoms. The maximum absolute atomic E-state index is 11.1. The van der Waals surface area contributed by atoms with Crippen molar-refractivity contribution >= 4 is 22.3 Å². The molecule has 116 valence electrons. The minimum Gasteiger partial charge on any atom is -0.497 e. The van der Waals surface area contributed by atoms with Crippen molar-refractivity contribution in [3.8, 4) is 5.75 Å². The Morgan fingerprint density at radius 1 is 1.17 bits per heavy atom. The van der Waals surface area contributed by atoms with Crippen molar-refractivity contribution in [2.45, 2.75) is 6.54 Å². The van der Waals surface area contributed by atoms with Gasteiger partial charge in [-0.05, 0) is 35.9 Å². The highest BCUT2D eigenvalue weighted by Gasteiger charge is 2.14. The lowest BCUT2D eigenvalue weighted by Crippen LogP contribution is -2.01. The van der Waals surface area contributed by atoms with Gasteiger partial charge in [-0.15, -0.1) is 0 Å². The van der Waals surface area contributed by atoms with Crippen molar-refractivity contribution in [2.24, 2.45) is 0 Å². The van der Waals surface area contributed by atoms with E-state index in [0.717, 1.165) is 17.0 Å². The van der Waals surface area contributed by atoms with E-state index in [-0.39, 0.29) is 5.69 Å². The van der Waals surface area contributed by atoms with Crippen LogP contribution in [0.25, 0.3) is 10.9 Å². The molecular weight excluding hydrogens is 294 g/mol. The summed E-state index contributed by atoms with van der Waals surface area (Å²) in [6.07, 6.45) is 1.63. The molecule has 1 N–H and O–H groups in total. The van der Waals surface area contributed by atoms with Crippen LogP contribution < -0.4 is 10.1 Å². The number of fused-ring (bicyclic) bond motifs is 1. The molecular formula is C17H15N3O3. The number of nitro groups is 1. The summed E-state index contributed by atoms with van der Waals surface area (Å²) >= 11 is 0. The second-order valence-electron chi connectivity index (χ2n) is 4.99. The number of benzene rings is 2. The number of pyridine rings is 1. The van der Waals surface area contributed by atoms with Gasteiger partial charge < -0.3 is 10.1 Å². The highest BCUT2D eigenvalue weighted by atomic mass is 16.6. The summed E-state index contributed by atoms with van der Waals surface area (Å²) < 4.78 is 5.13. The average molecular weight is 309 g/mol. The van der Waals surface area contributed by atoms with Crippen molar-refractivity contribution in [2.75, 3.05) is 12.4 Å². The first-order valence-corrected chi connectivity index (χ1v) is 7.08. The number of hydrogen-bond acceptors (Lipinski definition) is 5. The van der Waals surface area contributed by atoms with E-state index in [1.165, 1.54) is 6.07 Å². The molecule has 3 aromatic rings. The van der Waals surface area contributed by atoms with Gasteiger partial charge in [0.2, 0.25) is 0 Å². The van der Waals surface area contributed by atoms with E-state index in [1.807, 2.05) is 24.3 Å². The van der Waals surface area contributed by atoms with E-state index in [9.17, 15) is 10.1 Å². The summed E-state index contributed by atoms with van der Waals surface area (Å²) in [5.74, 6) is 0.802. The Balaban J connectivity index is 1.88. The fourth-order valence-corrected chi connectivity index (χ4v) is 2.40. The van der Waals surface area contributed by atoms with Crippen molar-refractivity contribution < 1.29 is 9.66 Å². The van der Waals surface area contributed by atoms with E-state index >= 15 is 0 Å². The molecule has 0 bridgehead atoms. The minimum atomic E-state index is -0.392. The van der Waals surface area contributed by atoms with Gasteiger partial charge >= 0.3 is 0 Å². The quantitative estimate of drug-likeness (QED) is 0.573. The second kappa shape index (κ2) is 6.31. The van der Waals surface area contributed by atoms with Crippen molar-refractivity contribution in [1.29, 1.82) is 0 Å². The maximum atomic E-state index is 11.1. The molecule has 6 nitrogen and oxygen atoms in total. The monoisotopic (exact) mass is 309 g/mol. The van der Waals surface area contributed by atoms with Crippen LogP contribution in [0.1, 0.15) is 5.56 Å². The van der Waals surface area contributed by atoms with Gasteiger partial charge in [0, 0.05) is 18.8 Å². The molecule has 0 saturated heterocycles. The first-order chi connectivity index (χ1) is 11.2. The molecule has 0 aliphatic heterocycles. The number of non-ortho nitro benzene ring substituents is 1. The summed E-state index contributed by atoms with van der Waals surface area (Å²) in [7, 11) is 1.63. The largest absolute Gasteiger partial charge is 0.497 e. The molecule has 0 spiro atoms. The van der Waals surface area contributed by atoms with Crippen molar-refractivity contribution in [1.82, 2.24) is 4.98 Å².